The summed E-state index contributed by atoms with van der Waals surface area (Å²) in [6, 6.07) is 0. The number of rotatable bonds is 2. The van der Waals surface area contributed by atoms with Crippen LogP contribution in [0.4, 0.5) is 4.79 Å². The summed E-state index contributed by atoms with van der Waals surface area (Å²) in [5.74, 6) is 0. The molecule has 0 aromatic heterocycles. The molecule has 0 saturated carbocycles. The van der Waals surface area contributed by atoms with Crippen molar-refractivity contribution in [1.29, 1.82) is 0 Å². The van der Waals surface area contributed by atoms with Crippen LogP contribution < -0.4 is 56.5 Å². The van der Waals surface area contributed by atoms with E-state index >= 15 is 0 Å². The van der Waals surface area contributed by atoms with Crippen molar-refractivity contribution in [2.75, 3.05) is 13.1 Å². The van der Waals surface area contributed by atoms with Gasteiger partial charge in [0.2, 0.25) is 6.16 Å². The van der Waals surface area contributed by atoms with Crippen LogP contribution in [-0.2, 0) is 0 Å². The van der Waals surface area contributed by atoms with Crippen molar-refractivity contribution in [2.24, 2.45) is 0 Å². The number of hydrogen-bond acceptors (Lipinski definition) is 4. The fourth-order valence-corrected chi connectivity index (χ4v) is 0.224. The number of nitrogens with zero attached hydrogens (tertiary/aromatic N) is 1. The molecule has 62 valence electrons. The minimum atomic E-state index is -2.08. The van der Waals surface area contributed by atoms with Gasteiger partial charge >= 0.3 is 51.4 Å². The average molecular weight is 189 g/mol. The number of hydrogen-bond donors (Lipinski definition) is 2. The normalized spacial score (nSPS) is 7.64. The summed E-state index contributed by atoms with van der Waals surface area (Å²) in [5.41, 5.74) is 0. The molecule has 0 atom stereocenters. The first-order valence-electron chi connectivity index (χ1n) is 2.88. The minimum Gasteiger partial charge on any atom is -0.565 e. The molecule has 0 aliphatic rings. The van der Waals surface area contributed by atoms with E-state index in [0.717, 1.165) is 13.1 Å². The summed E-state index contributed by atoms with van der Waals surface area (Å²) in [4.78, 5) is 8.44. The fraction of sp³-hybridized carbons (Fsp3) is 0.800. The van der Waals surface area contributed by atoms with Crippen LogP contribution in [0, 0.1) is 0 Å². The zero-order chi connectivity index (χ0) is 8.57. The average Bonchev–Trinajstić information content (AvgIpc) is 1.85. The Balaban J connectivity index is -0.000000114. The van der Waals surface area contributed by atoms with Gasteiger partial charge in [-0.2, -0.15) is 5.06 Å². The summed E-state index contributed by atoms with van der Waals surface area (Å²) >= 11 is 0. The smallest absolute Gasteiger partial charge is 0.565 e. The fourth-order valence-electron chi connectivity index (χ4n) is 0.224. The molecule has 0 rings (SSSR count). The molecule has 0 aromatic carbocycles. The van der Waals surface area contributed by atoms with Crippen LogP contribution in [0.1, 0.15) is 13.8 Å². The van der Waals surface area contributed by atoms with E-state index in [-0.39, 0.29) is 51.4 Å². The monoisotopic (exact) mass is 189 g/mol. The van der Waals surface area contributed by atoms with E-state index in [2.05, 4.69) is 0 Å². The minimum absolute atomic E-state index is 0. The standard InChI is InChI=1S/C4H11NO.CH2O3.K/c1-3-5(6)4-2;2-1(3)4;/h6H,3-4H2,1-2H3;(H2,2,3,4);/q;;+1/p-1. The second-order valence-electron chi connectivity index (χ2n) is 1.40. The van der Waals surface area contributed by atoms with Crippen molar-refractivity contribution in [3.05, 3.63) is 0 Å². The Kier molecular flexibility index (Phi) is 21.7. The Morgan fingerprint density at radius 1 is 1.45 bits per heavy atom. The van der Waals surface area contributed by atoms with Crippen LogP contribution >= 0.6 is 0 Å². The van der Waals surface area contributed by atoms with Gasteiger partial charge in [-0.1, -0.05) is 13.8 Å². The third-order valence-corrected chi connectivity index (χ3v) is 0.730. The zero-order valence-electron chi connectivity index (χ0n) is 7.07. The molecule has 5 nitrogen and oxygen atoms in total. The summed E-state index contributed by atoms with van der Waals surface area (Å²) < 4.78 is 0. The maximum absolute atomic E-state index is 8.50. The molecule has 0 amide bonds. The third kappa shape index (κ3) is 36.2. The van der Waals surface area contributed by atoms with E-state index in [1.807, 2.05) is 13.8 Å². The number of carbonyl (C=O) groups is 1. The molecule has 0 aliphatic carbocycles. The van der Waals surface area contributed by atoms with E-state index in [1.54, 1.807) is 0 Å². The summed E-state index contributed by atoms with van der Waals surface area (Å²) in [6.07, 6.45) is -2.08. The maximum Gasteiger partial charge on any atom is 1.00 e. The van der Waals surface area contributed by atoms with Gasteiger partial charge < -0.3 is 20.2 Å². The molecule has 0 aromatic rings. The Morgan fingerprint density at radius 2 is 1.64 bits per heavy atom. The van der Waals surface area contributed by atoms with Gasteiger partial charge in [0, 0.05) is 13.1 Å². The van der Waals surface area contributed by atoms with Gasteiger partial charge in [-0.3, -0.25) is 0 Å². The van der Waals surface area contributed by atoms with E-state index in [4.69, 9.17) is 20.2 Å². The predicted octanol–water partition coefficient (Wildman–Crippen LogP) is -3.39. The van der Waals surface area contributed by atoms with Crippen LogP contribution in [0.25, 0.3) is 0 Å². The summed E-state index contributed by atoms with van der Waals surface area (Å²) in [7, 11) is 0. The van der Waals surface area contributed by atoms with Crippen molar-refractivity contribution >= 4 is 6.16 Å². The third-order valence-electron chi connectivity index (χ3n) is 0.730. The molecule has 0 aliphatic heterocycles. The Hall–Kier alpha value is 0.826. The topological polar surface area (TPSA) is 83.8 Å². The second kappa shape index (κ2) is 13.4. The van der Waals surface area contributed by atoms with Gasteiger partial charge in [-0.05, 0) is 0 Å². The SMILES string of the molecule is CCN(O)CC.O=C([O-])O.[K+]. The van der Waals surface area contributed by atoms with Crippen molar-refractivity contribution in [1.82, 2.24) is 5.06 Å². The van der Waals surface area contributed by atoms with E-state index in [1.165, 1.54) is 5.06 Å². The van der Waals surface area contributed by atoms with Crippen molar-refractivity contribution in [2.45, 2.75) is 13.8 Å². The quantitative estimate of drug-likeness (QED) is 0.349. The van der Waals surface area contributed by atoms with Gasteiger partial charge in [0.1, 0.15) is 0 Å². The molecule has 0 spiro atoms. The molecule has 0 unspecified atom stereocenters. The summed E-state index contributed by atoms with van der Waals surface area (Å²) in [6.45, 7) is 5.25. The molecule has 6 heteroatoms. The van der Waals surface area contributed by atoms with Crippen LogP contribution in [0.3, 0.4) is 0 Å². The van der Waals surface area contributed by atoms with E-state index in [9.17, 15) is 0 Å². The molecule has 0 radical (unpaired) electrons. The first-order valence-corrected chi connectivity index (χ1v) is 2.88. The first-order chi connectivity index (χ1) is 4.54. The largest absolute Gasteiger partial charge is 1.00 e. The van der Waals surface area contributed by atoms with Crippen molar-refractivity contribution < 1.29 is 71.6 Å². The predicted molar refractivity (Wildman–Crippen MR) is 32.7 cm³/mol. The Labute approximate surface area is 108 Å². The molecule has 0 heterocycles. The van der Waals surface area contributed by atoms with Crippen LogP contribution in [0.15, 0.2) is 0 Å². The van der Waals surface area contributed by atoms with Crippen molar-refractivity contribution in [3.8, 4) is 0 Å². The molecular weight excluding hydrogens is 177 g/mol. The van der Waals surface area contributed by atoms with Gasteiger partial charge in [0.05, 0.1) is 0 Å². The Bertz CT molecular complexity index is 82.6. The van der Waals surface area contributed by atoms with Gasteiger partial charge in [-0.25, -0.2) is 0 Å². The van der Waals surface area contributed by atoms with Crippen LogP contribution in [0.5, 0.6) is 0 Å². The molecule has 0 fully saturated rings. The number of carboxylic acid groups (broad SMARTS) is 2. The molecule has 0 bridgehead atoms. The molecule has 0 saturated heterocycles. The van der Waals surface area contributed by atoms with Crippen molar-refractivity contribution in [3.63, 3.8) is 0 Å². The van der Waals surface area contributed by atoms with Gasteiger partial charge in [-0.15, -0.1) is 0 Å². The van der Waals surface area contributed by atoms with Crippen LogP contribution in [-0.4, -0.2) is 34.6 Å². The van der Waals surface area contributed by atoms with E-state index < -0.39 is 6.16 Å². The van der Waals surface area contributed by atoms with Gasteiger partial charge in [0.15, 0.2) is 0 Å². The zero-order valence-corrected chi connectivity index (χ0v) is 10.2. The maximum atomic E-state index is 8.50. The molecule has 11 heavy (non-hydrogen) atoms. The van der Waals surface area contributed by atoms with Gasteiger partial charge in [0.25, 0.3) is 0 Å². The van der Waals surface area contributed by atoms with Crippen LogP contribution in [0.2, 0.25) is 0 Å². The summed E-state index contributed by atoms with van der Waals surface area (Å²) in [5, 5.41) is 25.1. The second-order valence-corrected chi connectivity index (χ2v) is 1.40. The number of hydroxylamine groups is 2. The van der Waals surface area contributed by atoms with E-state index in [0.29, 0.717) is 0 Å². The molecule has 2 N–H and O–H groups in total. The first kappa shape index (κ1) is 17.8. The molecular formula is C5H12KNO4. The Morgan fingerprint density at radius 3 is 1.64 bits per heavy atom.